The molecule has 1 aliphatic rings. The van der Waals surface area contributed by atoms with Gasteiger partial charge in [0.2, 0.25) is 12.4 Å². The zero-order chi connectivity index (χ0) is 55.4. The smallest absolute Gasteiger partial charge is 0.267 e. The first-order valence-electron chi connectivity index (χ1n) is 25.3. The summed E-state index contributed by atoms with van der Waals surface area (Å²) in [6.45, 7) is 53.7. The molecule has 0 unspecified atom stereocenters. The number of rotatable bonds is 0. The fourth-order valence-corrected chi connectivity index (χ4v) is 5.84. The van der Waals surface area contributed by atoms with Crippen molar-refractivity contribution in [2.75, 3.05) is 26.3 Å². The fraction of sp³-hybridized carbons (Fsp3) is 0.607. The molecule has 1 N–H and O–H groups in total. The number of aromatic nitrogens is 10. The highest BCUT2D eigenvalue weighted by molar-refractivity contribution is 5.78. The van der Waals surface area contributed by atoms with Crippen molar-refractivity contribution < 1.29 is 14.7 Å². The molecule has 1 aliphatic heterocycles. The highest BCUT2D eigenvalue weighted by Crippen LogP contribution is 2.21. The van der Waals surface area contributed by atoms with E-state index < -0.39 is 0 Å². The van der Waals surface area contributed by atoms with E-state index in [0.717, 1.165) is 36.6 Å². The Hall–Kier alpha value is -5.54. The number of nitrogens with zero attached hydrogens (tertiary/aromatic N) is 11. The van der Waals surface area contributed by atoms with Crippen LogP contribution in [0.2, 0.25) is 0 Å². The van der Waals surface area contributed by atoms with Gasteiger partial charge in [0.25, 0.3) is 5.56 Å². The summed E-state index contributed by atoms with van der Waals surface area (Å²) in [5, 5.41) is 29.9. The van der Waals surface area contributed by atoms with E-state index in [9.17, 15) is 9.59 Å². The lowest BCUT2D eigenvalue weighted by Crippen LogP contribution is -2.47. The number of para-hydroxylation sites is 1. The van der Waals surface area contributed by atoms with E-state index in [0.29, 0.717) is 5.54 Å². The van der Waals surface area contributed by atoms with E-state index in [1.54, 1.807) is 41.6 Å². The largest absolute Gasteiger partial charge is 0.379 e. The van der Waals surface area contributed by atoms with Crippen molar-refractivity contribution >= 4 is 10.9 Å². The average molecular weight is 989 g/mol. The molecule has 6 aromatic rings. The number of hydrogen-bond donors (Lipinski definition) is 1. The molecule has 0 amide bonds. The number of benzene rings is 1. The van der Waals surface area contributed by atoms with Gasteiger partial charge in [0.05, 0.1) is 41.5 Å². The van der Waals surface area contributed by atoms with Gasteiger partial charge in [0.15, 0.2) is 11.8 Å². The lowest BCUT2D eigenvalue weighted by Gasteiger charge is -2.38. The van der Waals surface area contributed by atoms with E-state index in [-0.39, 0.29) is 38.6 Å². The van der Waals surface area contributed by atoms with E-state index in [4.69, 9.17) is 9.94 Å². The molecule has 1 aromatic carbocycles. The van der Waals surface area contributed by atoms with Gasteiger partial charge < -0.3 is 9.30 Å². The molecule has 1 fully saturated rings. The fourth-order valence-electron chi connectivity index (χ4n) is 5.84. The summed E-state index contributed by atoms with van der Waals surface area (Å²) in [5.74, 6) is 0. The topological polar surface area (TPSA) is 155 Å². The number of hydrogen-bond acceptors (Lipinski definition) is 10. The highest BCUT2D eigenvalue weighted by Gasteiger charge is 2.23. The van der Waals surface area contributed by atoms with Gasteiger partial charge in [-0.25, -0.2) is 4.68 Å². The second-order valence-electron chi connectivity index (χ2n) is 21.7. The van der Waals surface area contributed by atoms with Crippen LogP contribution in [0.25, 0.3) is 10.9 Å². The van der Waals surface area contributed by atoms with Gasteiger partial charge in [-0.3, -0.25) is 24.4 Å². The van der Waals surface area contributed by atoms with Gasteiger partial charge in [-0.1, -0.05) is 80.5 Å². The molecule has 1 saturated heterocycles. The quantitative estimate of drug-likeness (QED) is 0.115. The molecule has 0 atom stereocenters. The summed E-state index contributed by atoms with van der Waals surface area (Å²) >= 11 is 0. The number of tetrazole rings is 1. The summed E-state index contributed by atoms with van der Waals surface area (Å²) in [6, 6.07) is 18.4. The van der Waals surface area contributed by atoms with Gasteiger partial charge in [-0.2, -0.15) is 15.0 Å². The third-order valence-corrected chi connectivity index (χ3v) is 9.60. The number of ether oxygens (including phenoxy) is 1. The van der Waals surface area contributed by atoms with Crippen LogP contribution in [0.1, 0.15) is 172 Å². The zero-order valence-electron chi connectivity index (χ0n) is 48.7. The molecular formula is C56H98N11O4+. The molecule has 400 valence electrons. The van der Waals surface area contributed by atoms with Crippen molar-refractivity contribution in [1.82, 2.24) is 49.2 Å². The van der Waals surface area contributed by atoms with Crippen molar-refractivity contribution in [2.24, 2.45) is 0 Å². The molecule has 15 nitrogen and oxygen atoms in total. The lowest BCUT2D eigenvalue weighted by molar-refractivity contribution is -0.905. The maximum atomic E-state index is 11.2. The number of morpholine rings is 1. The molecule has 6 heterocycles. The molecule has 71 heavy (non-hydrogen) atoms. The molecule has 5 aromatic heterocycles. The first-order chi connectivity index (χ1) is 32.8. The highest BCUT2D eigenvalue weighted by atomic mass is 16.5. The van der Waals surface area contributed by atoms with E-state index in [1.165, 1.54) is 28.0 Å². The second kappa shape index (κ2) is 31.7. The lowest BCUT2D eigenvalue weighted by atomic mass is 9.88. The normalized spacial score (nSPS) is 12.6. The van der Waals surface area contributed by atoms with Gasteiger partial charge in [-0.15, -0.1) is 10.2 Å². The minimum atomic E-state index is -0.224. The Kier molecular flexibility index (Phi) is 30.2. The summed E-state index contributed by atoms with van der Waals surface area (Å²) in [6.07, 6.45) is 11.9. The molecular weight excluding hydrogens is 891 g/mol. The third kappa shape index (κ3) is 27.0. The van der Waals surface area contributed by atoms with Crippen molar-refractivity contribution in [1.29, 1.82) is 0 Å². The summed E-state index contributed by atoms with van der Waals surface area (Å²) in [4.78, 5) is 25.9. The minimum absolute atomic E-state index is 0.0451. The molecule has 0 bridgehead atoms. The van der Waals surface area contributed by atoms with E-state index >= 15 is 0 Å². The van der Waals surface area contributed by atoms with Crippen molar-refractivity contribution in [2.45, 2.75) is 199 Å². The third-order valence-electron chi connectivity index (χ3n) is 9.60. The predicted octanol–water partition coefficient (Wildman–Crippen LogP) is 11.5. The molecule has 0 aliphatic carbocycles. The van der Waals surface area contributed by atoms with Crippen LogP contribution >= 0.6 is 0 Å². The average Bonchev–Trinajstić information content (AvgIpc) is 4.02. The van der Waals surface area contributed by atoms with Crippen LogP contribution in [0.5, 0.6) is 0 Å². The first-order valence-corrected chi connectivity index (χ1v) is 25.3. The van der Waals surface area contributed by atoms with Crippen LogP contribution in [0.3, 0.4) is 0 Å². The Morgan fingerprint density at radius 1 is 0.577 bits per heavy atom. The van der Waals surface area contributed by atoms with Crippen LogP contribution in [0, 0.1) is 0 Å². The standard InChI is InChI=1S/C11H14N2.C9H13NO.C9H14NO.C8H12N2O.C8H17NO.C5H10N4.3C2H6/c1-11(2,3)13-10-7-5-4-6-9(10)8-12-13;1-9(2,3)10-6-4-8(11)5-7-10;1-9(2,3)8-5-4-6-10(11)7-8;1-8(2,3)10-7(11)5-4-6-9-10;1-8(2,3)9-4-6-10-7-5-9;1-5(2,3)9-7-4-6-8-9;3*1-2/h4-8H,1-3H3;4-7H,1-3H3;4-7,11H,1-3H3;4-6H,1-3H3;4-7H2,1-3H3;4H,1-3H3;3*1-2H3/q;;+1;;;;;;. The van der Waals surface area contributed by atoms with Crippen LogP contribution in [-0.2, 0) is 32.3 Å². The second-order valence-corrected chi connectivity index (χ2v) is 21.7. The molecule has 0 saturated carbocycles. The Morgan fingerprint density at radius 2 is 1.11 bits per heavy atom. The summed E-state index contributed by atoms with van der Waals surface area (Å²) in [5.41, 5.74) is 2.62. The Bertz CT molecular complexity index is 2370. The van der Waals surface area contributed by atoms with E-state index in [2.05, 4.69) is 130 Å². The van der Waals surface area contributed by atoms with Gasteiger partial charge in [0, 0.05) is 82.7 Å². The van der Waals surface area contributed by atoms with Crippen LogP contribution in [0.4, 0.5) is 0 Å². The maximum Gasteiger partial charge on any atom is 0.267 e. The Labute approximate surface area is 429 Å². The van der Waals surface area contributed by atoms with Gasteiger partial charge in [0.1, 0.15) is 0 Å². The van der Waals surface area contributed by atoms with Crippen molar-refractivity contribution in [3.8, 4) is 0 Å². The molecule has 0 spiro atoms. The van der Waals surface area contributed by atoms with Gasteiger partial charge in [-0.05, 0) is 133 Å². The van der Waals surface area contributed by atoms with Crippen LogP contribution in [-0.4, -0.2) is 86.3 Å². The summed E-state index contributed by atoms with van der Waals surface area (Å²) < 4.78 is 11.9. The first kappa shape index (κ1) is 67.5. The number of pyridine rings is 2. The minimum Gasteiger partial charge on any atom is -0.379 e. The van der Waals surface area contributed by atoms with Crippen molar-refractivity contribution in [3.63, 3.8) is 0 Å². The Balaban J connectivity index is 0. The van der Waals surface area contributed by atoms with E-state index in [1.807, 2.05) is 131 Å². The van der Waals surface area contributed by atoms with Crippen LogP contribution < -0.4 is 15.7 Å². The maximum absolute atomic E-state index is 11.2. The zero-order valence-corrected chi connectivity index (χ0v) is 48.7. The molecule has 0 radical (unpaired) electrons. The summed E-state index contributed by atoms with van der Waals surface area (Å²) in [7, 11) is 0. The Morgan fingerprint density at radius 3 is 1.48 bits per heavy atom. The SMILES string of the molecule is CC.CC.CC.CC(C)(C)N1CCOCC1.CC(C)(C)c1ccc[n+](O)c1.CC(C)(C)n1ccc(=O)cc1.CC(C)(C)n1ncc2ccccc21.CC(C)(C)n1ncccc1=O.CC(C)(C)n1ncnn1. The monoisotopic (exact) mass is 989 g/mol. The molecule has 15 heteroatoms. The number of fused-ring (bicyclic) bond motifs is 1. The van der Waals surface area contributed by atoms with Gasteiger partial charge >= 0.3 is 0 Å². The predicted molar refractivity (Wildman–Crippen MR) is 295 cm³/mol. The molecule has 7 rings (SSSR count). The van der Waals surface area contributed by atoms with Crippen LogP contribution in [0.15, 0.2) is 114 Å². The van der Waals surface area contributed by atoms with Crippen molar-refractivity contribution in [3.05, 3.63) is 130 Å².